The van der Waals surface area contributed by atoms with Crippen LogP contribution < -0.4 is 4.90 Å². The summed E-state index contributed by atoms with van der Waals surface area (Å²) in [6.07, 6.45) is 0.462. The van der Waals surface area contributed by atoms with E-state index in [1.165, 1.54) is 7.11 Å². The number of anilines is 1. The number of rotatable bonds is 4. The van der Waals surface area contributed by atoms with Crippen molar-refractivity contribution in [3.05, 3.63) is 46.8 Å². The van der Waals surface area contributed by atoms with Crippen molar-refractivity contribution >= 4 is 17.6 Å². The zero-order chi connectivity index (χ0) is 18.8. The highest BCUT2D eigenvalue weighted by atomic mass is 16.5. The number of nitrogens with zero attached hydrogens (tertiary/aromatic N) is 3. The summed E-state index contributed by atoms with van der Waals surface area (Å²) >= 11 is 0. The number of ether oxygens (including phenoxy) is 1. The van der Waals surface area contributed by atoms with Gasteiger partial charge in [-0.3, -0.25) is 4.79 Å². The zero-order valence-electron chi connectivity index (χ0n) is 15.5. The van der Waals surface area contributed by atoms with Gasteiger partial charge in [-0.2, -0.15) is 0 Å². The van der Waals surface area contributed by atoms with Gasteiger partial charge >= 0.3 is 5.97 Å². The van der Waals surface area contributed by atoms with Crippen LogP contribution in [0.1, 0.15) is 22.6 Å². The van der Waals surface area contributed by atoms with Gasteiger partial charge in [-0.1, -0.05) is 29.4 Å². The maximum absolute atomic E-state index is 13.0. The minimum absolute atomic E-state index is 0.124. The third-order valence-corrected chi connectivity index (χ3v) is 4.79. The normalized spacial score (nSPS) is 16.2. The summed E-state index contributed by atoms with van der Waals surface area (Å²) in [5, 5.41) is 3.93. The van der Waals surface area contributed by atoms with Crippen LogP contribution in [-0.2, 0) is 27.3 Å². The number of likely N-dealkylation sites (N-methyl/N-ethyl adjacent to an activating group) is 1. The van der Waals surface area contributed by atoms with Gasteiger partial charge in [0.1, 0.15) is 17.4 Å². The van der Waals surface area contributed by atoms with E-state index in [1.54, 1.807) is 9.80 Å². The molecule has 0 saturated heterocycles. The quantitative estimate of drug-likeness (QED) is 0.778. The molecule has 0 saturated carbocycles. The molecule has 7 nitrogen and oxygen atoms in total. The minimum Gasteiger partial charge on any atom is -0.467 e. The Morgan fingerprint density at radius 1 is 1.31 bits per heavy atom. The Morgan fingerprint density at radius 3 is 2.62 bits per heavy atom. The van der Waals surface area contributed by atoms with Gasteiger partial charge < -0.3 is 19.1 Å². The van der Waals surface area contributed by atoms with E-state index in [0.717, 1.165) is 22.5 Å². The lowest BCUT2D eigenvalue weighted by Crippen LogP contribution is -2.51. The van der Waals surface area contributed by atoms with Crippen LogP contribution in [0.3, 0.4) is 0 Å². The molecule has 1 unspecified atom stereocenters. The molecule has 1 aliphatic rings. The average Bonchev–Trinajstić information content (AvgIpc) is 2.98. The number of methoxy groups -OCH3 is 1. The molecule has 3 rings (SSSR count). The van der Waals surface area contributed by atoms with E-state index in [4.69, 9.17) is 9.26 Å². The van der Waals surface area contributed by atoms with Crippen molar-refractivity contribution in [3.8, 4) is 0 Å². The van der Waals surface area contributed by atoms with E-state index in [2.05, 4.69) is 5.16 Å². The Morgan fingerprint density at radius 2 is 2.00 bits per heavy atom. The Hall–Kier alpha value is -2.83. The van der Waals surface area contributed by atoms with Crippen LogP contribution in [0.5, 0.6) is 0 Å². The Kier molecular flexibility index (Phi) is 4.97. The van der Waals surface area contributed by atoms with Gasteiger partial charge in [0.15, 0.2) is 5.76 Å². The number of carbonyl (C=O) groups excluding carboxylic acids is 2. The number of carbonyl (C=O) groups is 2. The molecule has 1 aliphatic heterocycles. The van der Waals surface area contributed by atoms with Crippen LogP contribution >= 0.6 is 0 Å². The number of hydrogen-bond acceptors (Lipinski definition) is 6. The van der Waals surface area contributed by atoms with E-state index < -0.39 is 12.0 Å². The standard InChI is InChI=1S/C19H23N3O4/c1-12-18(13(2)26-20-12)21(3)11-17(23)22-10-15-8-6-5-7-14(15)9-16(22)19(24)25-4/h5-8,16H,9-11H2,1-4H3. The maximum atomic E-state index is 13.0. The predicted molar refractivity (Wildman–Crippen MR) is 95.7 cm³/mol. The monoisotopic (exact) mass is 357 g/mol. The first kappa shape index (κ1) is 18.0. The van der Waals surface area contributed by atoms with E-state index in [0.29, 0.717) is 18.7 Å². The minimum atomic E-state index is -0.611. The summed E-state index contributed by atoms with van der Waals surface area (Å²) in [6, 6.07) is 7.25. The van der Waals surface area contributed by atoms with Crippen LogP contribution in [0.25, 0.3) is 0 Å². The number of fused-ring (bicyclic) bond motifs is 1. The summed E-state index contributed by atoms with van der Waals surface area (Å²) in [6.45, 7) is 4.16. The molecule has 1 atom stereocenters. The van der Waals surface area contributed by atoms with E-state index >= 15 is 0 Å². The first-order valence-corrected chi connectivity index (χ1v) is 8.50. The van der Waals surface area contributed by atoms with Gasteiger partial charge in [0.05, 0.1) is 13.7 Å². The number of hydrogen-bond donors (Lipinski definition) is 0. The molecule has 0 spiro atoms. The molecule has 7 heteroatoms. The number of aromatic nitrogens is 1. The Bertz CT molecular complexity index is 810. The Labute approximate surface area is 152 Å². The van der Waals surface area contributed by atoms with Crippen molar-refractivity contribution in [2.75, 3.05) is 25.6 Å². The van der Waals surface area contributed by atoms with Crippen molar-refractivity contribution in [2.45, 2.75) is 32.9 Å². The maximum Gasteiger partial charge on any atom is 0.328 e. The van der Waals surface area contributed by atoms with Gasteiger partial charge in [-0.15, -0.1) is 0 Å². The molecular weight excluding hydrogens is 334 g/mol. The van der Waals surface area contributed by atoms with E-state index in [-0.39, 0.29) is 12.5 Å². The third-order valence-electron chi connectivity index (χ3n) is 4.79. The number of benzene rings is 1. The number of esters is 1. The topological polar surface area (TPSA) is 75.9 Å². The highest BCUT2D eigenvalue weighted by Crippen LogP contribution is 2.26. The van der Waals surface area contributed by atoms with Crippen molar-refractivity contribution in [1.29, 1.82) is 0 Å². The van der Waals surface area contributed by atoms with Gasteiger partial charge in [0, 0.05) is 20.0 Å². The second-order valence-corrected chi connectivity index (χ2v) is 6.56. The average molecular weight is 357 g/mol. The van der Waals surface area contributed by atoms with Crippen LogP contribution in [0.2, 0.25) is 0 Å². The molecule has 26 heavy (non-hydrogen) atoms. The fraction of sp³-hybridized carbons (Fsp3) is 0.421. The lowest BCUT2D eigenvalue weighted by molar-refractivity contribution is -0.153. The van der Waals surface area contributed by atoms with Crippen molar-refractivity contribution in [1.82, 2.24) is 10.1 Å². The first-order chi connectivity index (χ1) is 12.4. The largest absolute Gasteiger partial charge is 0.467 e. The van der Waals surface area contributed by atoms with Crippen molar-refractivity contribution < 1.29 is 18.8 Å². The second-order valence-electron chi connectivity index (χ2n) is 6.56. The van der Waals surface area contributed by atoms with E-state index in [1.807, 2.05) is 45.2 Å². The smallest absolute Gasteiger partial charge is 0.328 e. The van der Waals surface area contributed by atoms with Crippen LogP contribution in [-0.4, -0.2) is 48.7 Å². The fourth-order valence-corrected chi connectivity index (χ4v) is 3.53. The molecule has 2 aromatic rings. The van der Waals surface area contributed by atoms with Crippen LogP contribution in [0.15, 0.2) is 28.8 Å². The number of amides is 1. The van der Waals surface area contributed by atoms with Crippen LogP contribution in [0.4, 0.5) is 5.69 Å². The van der Waals surface area contributed by atoms with Gasteiger partial charge in [0.25, 0.3) is 0 Å². The molecule has 138 valence electrons. The SMILES string of the molecule is COC(=O)C1Cc2ccccc2CN1C(=O)CN(C)c1c(C)noc1C. The summed E-state index contributed by atoms with van der Waals surface area (Å²) in [7, 11) is 3.16. The van der Waals surface area contributed by atoms with Crippen molar-refractivity contribution in [2.24, 2.45) is 0 Å². The lowest BCUT2D eigenvalue weighted by atomic mass is 9.94. The molecule has 0 bridgehead atoms. The highest BCUT2D eigenvalue weighted by molar-refractivity contribution is 5.88. The van der Waals surface area contributed by atoms with Gasteiger partial charge in [-0.05, 0) is 25.0 Å². The highest BCUT2D eigenvalue weighted by Gasteiger charge is 2.35. The molecular formula is C19H23N3O4. The molecule has 2 heterocycles. The fourth-order valence-electron chi connectivity index (χ4n) is 3.53. The molecule has 0 aliphatic carbocycles. The second kappa shape index (κ2) is 7.19. The van der Waals surface area contributed by atoms with Crippen LogP contribution in [0, 0.1) is 13.8 Å². The molecule has 1 aromatic heterocycles. The van der Waals surface area contributed by atoms with E-state index in [9.17, 15) is 9.59 Å². The predicted octanol–water partition coefficient (Wildman–Crippen LogP) is 1.85. The van der Waals surface area contributed by atoms with Gasteiger partial charge in [0.2, 0.25) is 5.91 Å². The number of aryl methyl sites for hydroxylation is 2. The summed E-state index contributed by atoms with van der Waals surface area (Å²) in [4.78, 5) is 28.7. The molecule has 1 amide bonds. The molecule has 0 fully saturated rings. The summed E-state index contributed by atoms with van der Waals surface area (Å²) in [5.74, 6) is 0.122. The lowest BCUT2D eigenvalue weighted by Gasteiger charge is -2.36. The molecule has 1 aromatic carbocycles. The summed E-state index contributed by atoms with van der Waals surface area (Å²) < 4.78 is 10.1. The third kappa shape index (κ3) is 3.29. The van der Waals surface area contributed by atoms with Crippen molar-refractivity contribution in [3.63, 3.8) is 0 Å². The molecule has 0 radical (unpaired) electrons. The first-order valence-electron chi connectivity index (χ1n) is 8.50. The zero-order valence-corrected chi connectivity index (χ0v) is 15.5. The van der Waals surface area contributed by atoms with Gasteiger partial charge in [-0.25, -0.2) is 4.79 Å². The Balaban J connectivity index is 1.83. The molecule has 0 N–H and O–H groups in total. The summed E-state index contributed by atoms with van der Waals surface area (Å²) in [5.41, 5.74) is 3.66.